The molecule has 2 N–H and O–H groups in total. The number of benzene rings is 1. The summed E-state index contributed by atoms with van der Waals surface area (Å²) in [4.78, 5) is 34.0. The van der Waals surface area contributed by atoms with Gasteiger partial charge in [-0.25, -0.2) is 9.59 Å². The van der Waals surface area contributed by atoms with Crippen molar-refractivity contribution in [1.82, 2.24) is 10.6 Å². The number of rotatable bonds is 8. The Kier molecular flexibility index (Phi) is 8.97. The Bertz CT molecular complexity index is 818. The third kappa shape index (κ3) is 9.66. The molecule has 0 fully saturated rings. The van der Waals surface area contributed by atoms with Crippen molar-refractivity contribution in [2.24, 2.45) is 0 Å². The zero-order valence-corrected chi connectivity index (χ0v) is 15.0. The summed E-state index contributed by atoms with van der Waals surface area (Å²) in [6, 6.07) is 5.05. The molecule has 0 saturated heterocycles. The van der Waals surface area contributed by atoms with Crippen LogP contribution in [0, 0.1) is 11.3 Å². The second-order valence-corrected chi connectivity index (χ2v) is 5.14. The van der Waals surface area contributed by atoms with Crippen LogP contribution in [0.3, 0.4) is 0 Å². The molecule has 0 atom stereocenters. The molecule has 0 aliphatic rings. The van der Waals surface area contributed by atoms with Crippen LogP contribution in [0.1, 0.15) is 5.56 Å². The van der Waals surface area contributed by atoms with Gasteiger partial charge in [0.1, 0.15) is 12.6 Å². The molecule has 12 heteroatoms. The molecule has 0 aliphatic heterocycles. The van der Waals surface area contributed by atoms with Crippen molar-refractivity contribution in [3.63, 3.8) is 0 Å². The van der Waals surface area contributed by atoms with Gasteiger partial charge >= 0.3 is 18.2 Å². The second-order valence-electron chi connectivity index (χ2n) is 5.14. The van der Waals surface area contributed by atoms with Crippen LogP contribution >= 0.6 is 0 Å². The molecule has 1 aromatic carbocycles. The fraction of sp³-hybridized carbons (Fsp3) is 0.294. The summed E-state index contributed by atoms with van der Waals surface area (Å²) in [6.45, 7) is -2.65. The molecular weight excluding hydrogens is 399 g/mol. The second kappa shape index (κ2) is 11.2. The Balaban J connectivity index is 2.49. The largest absolute Gasteiger partial charge is 0.493 e. The van der Waals surface area contributed by atoms with Gasteiger partial charge in [-0.05, 0) is 23.8 Å². The highest BCUT2D eigenvalue weighted by atomic mass is 19.4. The summed E-state index contributed by atoms with van der Waals surface area (Å²) in [5.41, 5.74) is 0.513. The molecule has 0 bridgehead atoms. The number of esters is 1. The number of nitriles is 1. The zero-order valence-electron chi connectivity index (χ0n) is 15.0. The van der Waals surface area contributed by atoms with Gasteiger partial charge in [0.25, 0.3) is 5.91 Å². The van der Waals surface area contributed by atoms with Crippen LogP contribution in [-0.4, -0.2) is 51.0 Å². The minimum Gasteiger partial charge on any atom is -0.493 e. The number of nitrogens with one attached hydrogen (secondary N) is 2. The van der Waals surface area contributed by atoms with Crippen molar-refractivity contribution in [3.8, 4) is 17.6 Å². The normalized spacial score (nSPS) is 10.7. The van der Waals surface area contributed by atoms with E-state index in [1.54, 1.807) is 11.4 Å². The lowest BCUT2D eigenvalue weighted by Gasteiger charge is -2.09. The van der Waals surface area contributed by atoms with Gasteiger partial charge in [0.2, 0.25) is 0 Å². The molecule has 29 heavy (non-hydrogen) atoms. The predicted octanol–water partition coefficient (Wildman–Crippen LogP) is 1.54. The monoisotopic (exact) mass is 415 g/mol. The van der Waals surface area contributed by atoms with Crippen LogP contribution in [0.25, 0.3) is 6.08 Å². The molecule has 0 unspecified atom stereocenters. The molecule has 9 nitrogen and oxygen atoms in total. The molecule has 156 valence electrons. The van der Waals surface area contributed by atoms with Gasteiger partial charge in [-0.15, -0.1) is 0 Å². The number of carbonyl (C=O) groups is 3. The lowest BCUT2D eigenvalue weighted by Crippen LogP contribution is -2.44. The Morgan fingerprint density at radius 3 is 2.59 bits per heavy atom. The number of hydrogen-bond donors (Lipinski definition) is 2. The van der Waals surface area contributed by atoms with E-state index in [9.17, 15) is 27.6 Å². The van der Waals surface area contributed by atoms with Crippen LogP contribution < -0.4 is 20.1 Å². The maximum atomic E-state index is 11.9. The van der Waals surface area contributed by atoms with Crippen molar-refractivity contribution in [2.45, 2.75) is 6.18 Å². The highest BCUT2D eigenvalue weighted by Gasteiger charge is 2.28. The van der Waals surface area contributed by atoms with E-state index >= 15 is 0 Å². The first-order valence-electron chi connectivity index (χ1n) is 7.81. The molecule has 3 amide bonds. The van der Waals surface area contributed by atoms with Crippen molar-refractivity contribution in [3.05, 3.63) is 29.8 Å². The van der Waals surface area contributed by atoms with E-state index < -0.39 is 37.2 Å². The predicted molar refractivity (Wildman–Crippen MR) is 91.7 cm³/mol. The summed E-state index contributed by atoms with van der Waals surface area (Å²) in [7, 11) is 1.39. The maximum absolute atomic E-state index is 11.9. The van der Waals surface area contributed by atoms with Gasteiger partial charge in [-0.2, -0.15) is 18.4 Å². The third-order valence-corrected chi connectivity index (χ3v) is 2.94. The highest BCUT2D eigenvalue weighted by molar-refractivity contribution is 5.96. The van der Waals surface area contributed by atoms with Crippen LogP contribution in [0.15, 0.2) is 24.3 Å². The number of urea groups is 1. The number of hydrogen-bond acceptors (Lipinski definition) is 7. The average molecular weight is 415 g/mol. The molecule has 0 radical (unpaired) electrons. The first-order valence-corrected chi connectivity index (χ1v) is 7.81. The molecule has 1 rings (SSSR count). The minimum absolute atomic E-state index is 0.172. The lowest BCUT2D eigenvalue weighted by molar-refractivity contribution is -0.143. The van der Waals surface area contributed by atoms with E-state index in [0.29, 0.717) is 17.1 Å². The molecule has 0 spiro atoms. The first-order chi connectivity index (χ1) is 13.6. The van der Waals surface area contributed by atoms with Crippen molar-refractivity contribution >= 4 is 24.0 Å². The highest BCUT2D eigenvalue weighted by Crippen LogP contribution is 2.28. The standard InChI is InChI=1S/C17H16F3N3O6/c1-27-13-8-11(2-4-12(13)28-7-6-21)3-5-15(25)29-9-14(24)23-16(26)22-10-17(18,19)20/h2-5,8H,7,9-10H2,1H3,(H2,22,23,24,26)/b5-3+. The van der Waals surface area contributed by atoms with Crippen LogP contribution in [0.2, 0.25) is 0 Å². The first kappa shape index (κ1) is 23.3. The zero-order chi connectivity index (χ0) is 21.9. The lowest BCUT2D eigenvalue weighted by atomic mass is 10.2. The van der Waals surface area contributed by atoms with Gasteiger partial charge < -0.3 is 19.5 Å². The number of carbonyl (C=O) groups excluding carboxylic acids is 3. The number of ether oxygens (including phenoxy) is 3. The molecule has 0 heterocycles. The number of alkyl halides is 3. The SMILES string of the molecule is COc1cc(/C=C/C(=O)OCC(=O)NC(=O)NCC(F)(F)F)ccc1OCC#N. The number of halogens is 3. The van der Waals surface area contributed by atoms with Gasteiger partial charge in [-0.3, -0.25) is 10.1 Å². The van der Waals surface area contributed by atoms with Crippen LogP contribution in [-0.2, 0) is 14.3 Å². The van der Waals surface area contributed by atoms with Crippen molar-refractivity contribution in [2.75, 3.05) is 26.9 Å². The van der Waals surface area contributed by atoms with E-state index in [1.165, 1.54) is 30.6 Å². The average Bonchev–Trinajstić information content (AvgIpc) is 2.67. The Labute approximate surface area is 163 Å². The van der Waals surface area contributed by atoms with Gasteiger partial charge in [0.05, 0.1) is 7.11 Å². The van der Waals surface area contributed by atoms with E-state index in [1.807, 2.05) is 6.07 Å². The van der Waals surface area contributed by atoms with Crippen molar-refractivity contribution in [1.29, 1.82) is 5.26 Å². The summed E-state index contributed by atoms with van der Waals surface area (Å²) in [5.74, 6) is -1.39. The molecule has 1 aromatic rings. The fourth-order valence-electron chi connectivity index (χ4n) is 1.75. The molecular formula is C17H16F3N3O6. The van der Waals surface area contributed by atoms with E-state index in [2.05, 4.69) is 4.74 Å². The molecule has 0 aliphatic carbocycles. The van der Waals surface area contributed by atoms with E-state index in [4.69, 9.17) is 14.7 Å². The van der Waals surface area contributed by atoms with E-state index in [0.717, 1.165) is 6.08 Å². The quantitative estimate of drug-likeness (QED) is 0.487. The molecule has 0 saturated carbocycles. The Morgan fingerprint density at radius 1 is 1.24 bits per heavy atom. The molecule has 0 aromatic heterocycles. The van der Waals surface area contributed by atoms with Gasteiger partial charge in [0, 0.05) is 6.08 Å². The van der Waals surface area contributed by atoms with E-state index in [-0.39, 0.29) is 6.61 Å². The third-order valence-electron chi connectivity index (χ3n) is 2.94. The summed E-state index contributed by atoms with van der Waals surface area (Å²) >= 11 is 0. The van der Waals surface area contributed by atoms with Crippen LogP contribution in [0.4, 0.5) is 18.0 Å². The number of imide groups is 1. The number of nitrogens with zero attached hydrogens (tertiary/aromatic N) is 1. The topological polar surface area (TPSA) is 127 Å². The summed E-state index contributed by atoms with van der Waals surface area (Å²) < 4.78 is 50.6. The Hall–Kier alpha value is -3.75. The smallest absolute Gasteiger partial charge is 0.405 e. The summed E-state index contributed by atoms with van der Waals surface area (Å²) in [5, 5.41) is 11.5. The summed E-state index contributed by atoms with van der Waals surface area (Å²) in [6.07, 6.45) is -2.30. The van der Waals surface area contributed by atoms with Gasteiger partial charge in [-0.1, -0.05) is 6.07 Å². The van der Waals surface area contributed by atoms with Crippen molar-refractivity contribution < 1.29 is 41.8 Å². The fourth-order valence-corrected chi connectivity index (χ4v) is 1.75. The number of methoxy groups -OCH3 is 1. The Morgan fingerprint density at radius 2 is 1.97 bits per heavy atom. The number of amides is 3. The maximum Gasteiger partial charge on any atom is 0.405 e. The minimum atomic E-state index is -4.62. The van der Waals surface area contributed by atoms with Crippen LogP contribution in [0.5, 0.6) is 11.5 Å². The van der Waals surface area contributed by atoms with Gasteiger partial charge in [0.15, 0.2) is 24.7 Å².